The van der Waals surface area contributed by atoms with Crippen LogP contribution in [-0.4, -0.2) is 61.7 Å². The third kappa shape index (κ3) is 5.07. The molecule has 0 aromatic carbocycles. The third-order valence-electron chi connectivity index (χ3n) is 6.29. The number of carbonyl (C=O) groups is 1. The highest BCUT2D eigenvalue weighted by Gasteiger charge is 2.19. The van der Waals surface area contributed by atoms with Gasteiger partial charge in [0, 0.05) is 57.7 Å². The predicted molar refractivity (Wildman–Crippen MR) is 135 cm³/mol. The summed E-state index contributed by atoms with van der Waals surface area (Å²) in [7, 11) is 1.80. The van der Waals surface area contributed by atoms with Crippen molar-refractivity contribution in [3.63, 3.8) is 0 Å². The topological polar surface area (TPSA) is 112 Å². The first-order chi connectivity index (χ1) is 17.0. The maximum Gasteiger partial charge on any atom is 0.274 e. The zero-order chi connectivity index (χ0) is 24.4. The maximum absolute atomic E-state index is 12.4. The lowest BCUT2D eigenvalue weighted by molar-refractivity contribution is 0.102. The van der Waals surface area contributed by atoms with Crippen LogP contribution in [0.3, 0.4) is 0 Å². The minimum absolute atomic E-state index is 0.0400. The van der Waals surface area contributed by atoms with E-state index in [1.165, 1.54) is 0 Å². The molecule has 10 nitrogen and oxygen atoms in total. The molecule has 2 N–H and O–H groups in total. The van der Waals surface area contributed by atoms with Crippen LogP contribution >= 0.6 is 0 Å². The minimum Gasteiger partial charge on any atom is -0.368 e. The van der Waals surface area contributed by atoms with Crippen molar-refractivity contribution < 1.29 is 4.79 Å². The molecular weight excluding hydrogens is 444 g/mol. The van der Waals surface area contributed by atoms with E-state index in [9.17, 15) is 9.59 Å². The van der Waals surface area contributed by atoms with Crippen LogP contribution in [-0.2, 0) is 20.0 Å². The number of pyridine rings is 3. The van der Waals surface area contributed by atoms with Crippen LogP contribution in [0.5, 0.6) is 0 Å². The van der Waals surface area contributed by atoms with Gasteiger partial charge in [-0.25, -0.2) is 4.98 Å². The standard InChI is InChI=1S/C25H28N8O2/c1-3-18-11-22-23(30-24(18)34)10-17(12-26-22)15-32-6-8-33(9-7-32)20-4-5-21(27-14-20)25(35)29-19-13-28-31(2)16-19/h4-5,10-14,16H,3,6-9,15H2,1-2H3,(H,29,35)(H,30,34). The van der Waals surface area contributed by atoms with Crippen LogP contribution < -0.4 is 15.8 Å². The summed E-state index contributed by atoms with van der Waals surface area (Å²) in [6.45, 7) is 6.26. The van der Waals surface area contributed by atoms with Crippen LogP contribution in [0.25, 0.3) is 11.0 Å². The van der Waals surface area contributed by atoms with Gasteiger partial charge in [-0.15, -0.1) is 0 Å². The molecule has 1 aliphatic rings. The average molecular weight is 473 g/mol. The second kappa shape index (κ2) is 9.67. The van der Waals surface area contributed by atoms with Gasteiger partial charge in [-0.1, -0.05) is 6.92 Å². The Hall–Kier alpha value is -4.05. The lowest BCUT2D eigenvalue weighted by Crippen LogP contribution is -2.46. The lowest BCUT2D eigenvalue weighted by atomic mass is 10.1. The first-order valence-electron chi connectivity index (χ1n) is 11.7. The molecule has 1 fully saturated rings. The summed E-state index contributed by atoms with van der Waals surface area (Å²) in [5.41, 5.74) is 5.40. The normalized spacial score (nSPS) is 14.4. The van der Waals surface area contributed by atoms with Crippen molar-refractivity contribution in [2.75, 3.05) is 36.4 Å². The number of amides is 1. The van der Waals surface area contributed by atoms with Crippen LogP contribution in [0.4, 0.5) is 11.4 Å². The van der Waals surface area contributed by atoms with Gasteiger partial charge in [0.2, 0.25) is 0 Å². The number of nitrogens with zero attached hydrogens (tertiary/aromatic N) is 6. The number of aryl methyl sites for hydroxylation is 2. The van der Waals surface area contributed by atoms with Gasteiger partial charge in [-0.2, -0.15) is 5.10 Å². The van der Waals surface area contributed by atoms with E-state index in [1.807, 2.05) is 31.3 Å². The molecule has 180 valence electrons. The first-order valence-corrected chi connectivity index (χ1v) is 11.7. The Labute approximate surface area is 202 Å². The van der Waals surface area contributed by atoms with Crippen LogP contribution in [0, 0.1) is 0 Å². The fourth-order valence-electron chi connectivity index (χ4n) is 4.33. The number of carbonyl (C=O) groups excluding carboxylic acids is 1. The number of fused-ring (bicyclic) bond motifs is 1. The maximum atomic E-state index is 12.4. The number of H-pyrrole nitrogens is 1. The Balaban J connectivity index is 1.17. The SMILES string of the molecule is CCc1cc2ncc(CN3CCN(c4ccc(C(=O)Nc5cnn(C)c5)nc4)CC3)cc2[nH]c1=O. The number of hydrogen-bond donors (Lipinski definition) is 2. The molecule has 0 saturated carbocycles. The Kier molecular flexibility index (Phi) is 6.28. The number of piperazine rings is 1. The molecule has 5 rings (SSSR count). The number of rotatable bonds is 6. The number of aromatic nitrogens is 5. The molecule has 0 unspecified atom stereocenters. The van der Waals surface area contributed by atoms with Gasteiger partial charge in [0.05, 0.1) is 34.8 Å². The Morgan fingerprint density at radius 3 is 2.60 bits per heavy atom. The fourth-order valence-corrected chi connectivity index (χ4v) is 4.33. The van der Waals surface area contributed by atoms with E-state index < -0.39 is 0 Å². The summed E-state index contributed by atoms with van der Waals surface area (Å²) in [6, 6.07) is 7.58. The highest BCUT2D eigenvalue weighted by molar-refractivity contribution is 6.02. The third-order valence-corrected chi connectivity index (χ3v) is 6.29. The predicted octanol–water partition coefficient (Wildman–Crippen LogP) is 2.19. The van der Waals surface area contributed by atoms with E-state index in [-0.39, 0.29) is 11.5 Å². The van der Waals surface area contributed by atoms with Crippen molar-refractivity contribution in [2.45, 2.75) is 19.9 Å². The lowest BCUT2D eigenvalue weighted by Gasteiger charge is -2.36. The molecule has 0 atom stereocenters. The van der Waals surface area contributed by atoms with E-state index in [4.69, 9.17) is 0 Å². The quantitative estimate of drug-likeness (QED) is 0.442. The van der Waals surface area contributed by atoms with Crippen molar-refractivity contribution in [2.24, 2.45) is 7.05 Å². The fraction of sp³-hybridized carbons (Fsp3) is 0.320. The summed E-state index contributed by atoms with van der Waals surface area (Å²) in [5, 5.41) is 6.84. The number of anilines is 2. The van der Waals surface area contributed by atoms with Crippen LogP contribution in [0.15, 0.2) is 53.8 Å². The minimum atomic E-state index is -0.259. The number of hydrogen-bond acceptors (Lipinski definition) is 7. The molecule has 5 heterocycles. The van der Waals surface area contributed by atoms with Crippen molar-refractivity contribution in [3.05, 3.63) is 76.2 Å². The van der Waals surface area contributed by atoms with E-state index in [0.29, 0.717) is 17.8 Å². The molecule has 1 amide bonds. The summed E-state index contributed by atoms with van der Waals surface area (Å²) in [6.07, 6.45) is 7.67. The van der Waals surface area contributed by atoms with Crippen molar-refractivity contribution in [1.29, 1.82) is 0 Å². The molecular formula is C25H28N8O2. The molecule has 4 aromatic heterocycles. The Morgan fingerprint density at radius 2 is 1.91 bits per heavy atom. The van der Waals surface area contributed by atoms with Gasteiger partial charge in [0.1, 0.15) is 5.69 Å². The Morgan fingerprint density at radius 1 is 1.09 bits per heavy atom. The average Bonchev–Trinajstić information content (AvgIpc) is 3.28. The van der Waals surface area contributed by atoms with Crippen LogP contribution in [0.2, 0.25) is 0 Å². The van der Waals surface area contributed by atoms with Crippen molar-refractivity contribution in [3.8, 4) is 0 Å². The highest BCUT2D eigenvalue weighted by Crippen LogP contribution is 2.18. The smallest absolute Gasteiger partial charge is 0.274 e. The monoisotopic (exact) mass is 472 g/mol. The Bertz CT molecular complexity index is 1400. The van der Waals surface area contributed by atoms with E-state index in [0.717, 1.165) is 60.6 Å². The zero-order valence-electron chi connectivity index (χ0n) is 19.9. The molecule has 4 aromatic rings. The summed E-state index contributed by atoms with van der Waals surface area (Å²) in [5.74, 6) is -0.259. The molecule has 10 heteroatoms. The van der Waals surface area contributed by atoms with Gasteiger partial charge in [0.25, 0.3) is 11.5 Å². The second-order valence-corrected chi connectivity index (χ2v) is 8.78. The van der Waals surface area contributed by atoms with Crippen LogP contribution in [0.1, 0.15) is 28.5 Å². The van der Waals surface area contributed by atoms with Gasteiger partial charge >= 0.3 is 0 Å². The molecule has 1 saturated heterocycles. The molecule has 1 aliphatic heterocycles. The molecule has 0 aliphatic carbocycles. The van der Waals surface area contributed by atoms with E-state index in [1.54, 1.807) is 36.4 Å². The van der Waals surface area contributed by atoms with Gasteiger partial charge < -0.3 is 15.2 Å². The van der Waals surface area contributed by atoms with Crippen molar-refractivity contribution >= 4 is 28.3 Å². The van der Waals surface area contributed by atoms with E-state index in [2.05, 4.69) is 35.2 Å². The zero-order valence-corrected chi connectivity index (χ0v) is 19.9. The van der Waals surface area contributed by atoms with Gasteiger partial charge in [-0.3, -0.25) is 24.2 Å². The molecule has 0 spiro atoms. The molecule has 35 heavy (non-hydrogen) atoms. The van der Waals surface area contributed by atoms with Gasteiger partial charge in [-0.05, 0) is 36.2 Å². The van der Waals surface area contributed by atoms with E-state index >= 15 is 0 Å². The highest BCUT2D eigenvalue weighted by atomic mass is 16.2. The van der Waals surface area contributed by atoms with Crippen molar-refractivity contribution in [1.82, 2.24) is 29.6 Å². The second-order valence-electron chi connectivity index (χ2n) is 8.78. The first kappa shape index (κ1) is 22.7. The number of nitrogens with one attached hydrogen (secondary N) is 2. The summed E-state index contributed by atoms with van der Waals surface area (Å²) >= 11 is 0. The summed E-state index contributed by atoms with van der Waals surface area (Å²) in [4.78, 5) is 41.1. The largest absolute Gasteiger partial charge is 0.368 e. The molecule has 0 radical (unpaired) electrons. The summed E-state index contributed by atoms with van der Waals surface area (Å²) < 4.78 is 1.63. The number of aromatic amines is 1. The molecule has 0 bridgehead atoms. The van der Waals surface area contributed by atoms with Gasteiger partial charge in [0.15, 0.2) is 0 Å².